The summed E-state index contributed by atoms with van der Waals surface area (Å²) in [5, 5.41) is 4.71. The van der Waals surface area contributed by atoms with Gasteiger partial charge in [-0.15, -0.1) is 0 Å². The molecule has 4 aromatic heterocycles. The molecule has 0 spiro atoms. The Kier molecular flexibility index (Phi) is 4.26. The summed E-state index contributed by atoms with van der Waals surface area (Å²) in [6.07, 6.45) is 8.81. The largest absolute Gasteiger partial charge is 0.481 e. The molecule has 4 aromatic rings. The Labute approximate surface area is 180 Å². The van der Waals surface area contributed by atoms with Crippen molar-refractivity contribution < 1.29 is 4.74 Å². The van der Waals surface area contributed by atoms with Crippen LogP contribution in [0.5, 0.6) is 5.88 Å². The van der Waals surface area contributed by atoms with Gasteiger partial charge in [0.15, 0.2) is 0 Å². The van der Waals surface area contributed by atoms with Gasteiger partial charge in [0, 0.05) is 67.5 Å². The number of hydrogen-bond acceptors (Lipinski definition) is 6. The molecular weight excluding hydrogens is 388 g/mol. The predicted octanol–water partition coefficient (Wildman–Crippen LogP) is 3.10. The third-order valence-corrected chi connectivity index (χ3v) is 6.73. The van der Waals surface area contributed by atoms with Crippen LogP contribution in [0.4, 0.5) is 0 Å². The topological polar surface area (TPSA) is 79.0 Å². The quantitative estimate of drug-likeness (QED) is 0.524. The van der Waals surface area contributed by atoms with E-state index in [1.54, 1.807) is 7.11 Å². The summed E-state index contributed by atoms with van der Waals surface area (Å²) < 4.78 is 5.20. The first-order valence-corrected chi connectivity index (χ1v) is 10.6. The van der Waals surface area contributed by atoms with Gasteiger partial charge in [-0.3, -0.25) is 9.88 Å². The van der Waals surface area contributed by atoms with Crippen molar-refractivity contribution in [2.75, 3.05) is 20.2 Å². The zero-order valence-electron chi connectivity index (χ0n) is 17.4. The Morgan fingerprint density at radius 1 is 1.10 bits per heavy atom. The fourth-order valence-electron chi connectivity index (χ4n) is 5.14. The summed E-state index contributed by atoms with van der Waals surface area (Å²) >= 11 is 0. The number of H-pyrrole nitrogens is 1. The first kappa shape index (κ1) is 18.5. The molecule has 2 fully saturated rings. The number of piperazine rings is 1. The smallest absolute Gasteiger partial charge is 0.212 e. The summed E-state index contributed by atoms with van der Waals surface area (Å²) in [6.45, 7) is 2.80. The molecule has 2 bridgehead atoms. The highest BCUT2D eigenvalue weighted by Gasteiger charge is 2.55. The first-order chi connectivity index (χ1) is 15.3. The van der Waals surface area contributed by atoms with E-state index in [9.17, 15) is 0 Å². The SMILES string of the molecule is COc1ccc(CN2C3CNCC2(c2ccc(-c4ccnc5[nH]ccc45)cn2)C3)cn1. The van der Waals surface area contributed by atoms with Gasteiger partial charge in [-0.25, -0.2) is 9.97 Å². The van der Waals surface area contributed by atoms with Crippen LogP contribution < -0.4 is 10.1 Å². The van der Waals surface area contributed by atoms with Crippen LogP contribution in [-0.2, 0) is 12.1 Å². The Hall–Kier alpha value is -3.29. The summed E-state index contributed by atoms with van der Waals surface area (Å²) in [5.41, 5.74) is 5.41. The maximum atomic E-state index is 5.20. The lowest BCUT2D eigenvalue weighted by Gasteiger charge is -2.62. The number of pyridine rings is 3. The molecule has 7 nitrogen and oxygen atoms in total. The molecule has 2 aliphatic heterocycles. The fourth-order valence-corrected chi connectivity index (χ4v) is 5.14. The number of fused-ring (bicyclic) bond motifs is 3. The Morgan fingerprint density at radius 3 is 2.84 bits per heavy atom. The summed E-state index contributed by atoms with van der Waals surface area (Å²) in [4.78, 5) is 19.5. The lowest BCUT2D eigenvalue weighted by Crippen LogP contribution is -2.73. The van der Waals surface area contributed by atoms with E-state index in [1.807, 2.05) is 30.9 Å². The second-order valence-corrected chi connectivity index (χ2v) is 8.39. The molecule has 2 saturated heterocycles. The normalized spacial score (nSPS) is 22.9. The average molecular weight is 412 g/mol. The van der Waals surface area contributed by atoms with Crippen molar-refractivity contribution in [1.82, 2.24) is 30.2 Å². The lowest BCUT2D eigenvalue weighted by molar-refractivity contribution is -0.114. The average Bonchev–Trinajstić information content (AvgIpc) is 3.32. The van der Waals surface area contributed by atoms with Crippen LogP contribution in [-0.4, -0.2) is 51.1 Å². The number of nitrogens with one attached hydrogen (secondary N) is 2. The monoisotopic (exact) mass is 412 g/mol. The summed E-state index contributed by atoms with van der Waals surface area (Å²) in [6, 6.07) is 13.1. The number of piperidine rings is 1. The van der Waals surface area contributed by atoms with Crippen LogP contribution in [0.3, 0.4) is 0 Å². The van der Waals surface area contributed by atoms with Crippen molar-refractivity contribution in [1.29, 1.82) is 0 Å². The van der Waals surface area contributed by atoms with Gasteiger partial charge in [0.25, 0.3) is 0 Å². The second-order valence-electron chi connectivity index (χ2n) is 8.39. The number of rotatable bonds is 5. The minimum Gasteiger partial charge on any atom is -0.481 e. The lowest BCUT2D eigenvalue weighted by atomic mass is 9.72. The molecule has 6 rings (SSSR count). The van der Waals surface area contributed by atoms with Gasteiger partial charge in [0.1, 0.15) is 5.65 Å². The number of nitrogens with zero attached hydrogens (tertiary/aromatic N) is 4. The molecule has 0 amide bonds. The van der Waals surface area contributed by atoms with Crippen LogP contribution in [0.1, 0.15) is 17.7 Å². The van der Waals surface area contributed by atoms with Crippen molar-refractivity contribution in [3.63, 3.8) is 0 Å². The van der Waals surface area contributed by atoms with Gasteiger partial charge in [0.05, 0.1) is 18.3 Å². The number of hydrogen-bond donors (Lipinski definition) is 2. The van der Waals surface area contributed by atoms with E-state index in [1.165, 1.54) is 5.56 Å². The minimum absolute atomic E-state index is 0.0664. The highest BCUT2D eigenvalue weighted by Crippen LogP contribution is 2.47. The molecule has 0 saturated carbocycles. The summed E-state index contributed by atoms with van der Waals surface area (Å²) in [5.74, 6) is 0.647. The van der Waals surface area contributed by atoms with E-state index in [2.05, 4.69) is 55.5 Å². The van der Waals surface area contributed by atoms with Gasteiger partial charge in [-0.1, -0.05) is 12.1 Å². The number of ether oxygens (including phenoxy) is 1. The van der Waals surface area contributed by atoms with E-state index in [0.29, 0.717) is 11.9 Å². The first-order valence-electron chi connectivity index (χ1n) is 10.6. The Bertz CT molecular complexity index is 1220. The van der Waals surface area contributed by atoms with Crippen LogP contribution in [0.25, 0.3) is 22.2 Å². The second kappa shape index (κ2) is 7.14. The molecule has 156 valence electrons. The standard InChI is InChI=1S/C24H24N6O/c1-31-22-5-2-16(11-29-22)14-30-18-10-24(30,15-25-13-18)21-4-3-17(12-28-21)19-6-8-26-23-20(19)7-9-27-23/h2-9,11-12,18,25H,10,13-15H2,1H3,(H,26,27). The van der Waals surface area contributed by atoms with Crippen LogP contribution in [0.15, 0.2) is 61.2 Å². The highest BCUT2D eigenvalue weighted by molar-refractivity contribution is 5.92. The van der Waals surface area contributed by atoms with E-state index in [-0.39, 0.29) is 5.54 Å². The molecule has 2 aliphatic rings. The molecule has 2 N–H and O–H groups in total. The minimum atomic E-state index is -0.0664. The van der Waals surface area contributed by atoms with Gasteiger partial charge in [-0.05, 0) is 35.7 Å². The fraction of sp³-hybridized carbons (Fsp3) is 0.292. The maximum Gasteiger partial charge on any atom is 0.212 e. The molecule has 0 radical (unpaired) electrons. The Balaban J connectivity index is 1.30. The van der Waals surface area contributed by atoms with E-state index >= 15 is 0 Å². The van der Waals surface area contributed by atoms with Crippen molar-refractivity contribution in [3.8, 4) is 17.0 Å². The third-order valence-electron chi connectivity index (χ3n) is 6.73. The molecular formula is C24H24N6O. The molecule has 2 unspecified atom stereocenters. The van der Waals surface area contributed by atoms with Crippen LogP contribution in [0.2, 0.25) is 0 Å². The van der Waals surface area contributed by atoms with Crippen LogP contribution in [0, 0.1) is 0 Å². The Morgan fingerprint density at radius 2 is 2.06 bits per heavy atom. The van der Waals surface area contributed by atoms with Crippen molar-refractivity contribution >= 4 is 11.0 Å². The van der Waals surface area contributed by atoms with Crippen LogP contribution >= 0.6 is 0 Å². The number of aromatic nitrogens is 4. The zero-order chi connectivity index (χ0) is 20.8. The molecule has 7 heteroatoms. The molecule has 0 aliphatic carbocycles. The van der Waals surface area contributed by atoms with E-state index < -0.39 is 0 Å². The molecule has 6 heterocycles. The number of aromatic amines is 1. The van der Waals surface area contributed by atoms with Gasteiger partial charge in [0.2, 0.25) is 5.88 Å². The third kappa shape index (κ3) is 2.92. The maximum absolute atomic E-state index is 5.20. The van der Waals surface area contributed by atoms with Crippen molar-refractivity contribution in [3.05, 3.63) is 72.4 Å². The zero-order valence-corrected chi connectivity index (χ0v) is 17.4. The van der Waals surface area contributed by atoms with E-state index in [0.717, 1.165) is 53.9 Å². The molecule has 31 heavy (non-hydrogen) atoms. The van der Waals surface area contributed by atoms with E-state index in [4.69, 9.17) is 9.72 Å². The summed E-state index contributed by atoms with van der Waals surface area (Å²) in [7, 11) is 1.64. The van der Waals surface area contributed by atoms with Gasteiger partial charge in [-0.2, -0.15) is 0 Å². The highest BCUT2D eigenvalue weighted by atomic mass is 16.5. The predicted molar refractivity (Wildman–Crippen MR) is 119 cm³/mol. The van der Waals surface area contributed by atoms with Gasteiger partial charge >= 0.3 is 0 Å². The van der Waals surface area contributed by atoms with Crippen molar-refractivity contribution in [2.24, 2.45) is 0 Å². The molecule has 0 aromatic carbocycles. The van der Waals surface area contributed by atoms with Gasteiger partial charge < -0.3 is 15.0 Å². The number of methoxy groups -OCH3 is 1. The molecule has 2 atom stereocenters. The van der Waals surface area contributed by atoms with Crippen molar-refractivity contribution in [2.45, 2.75) is 24.5 Å².